The number of amides is 1. The van der Waals surface area contributed by atoms with Crippen LogP contribution in [0.4, 0.5) is 0 Å². The van der Waals surface area contributed by atoms with Gasteiger partial charge in [-0.2, -0.15) is 0 Å². The zero-order chi connectivity index (χ0) is 25.8. The van der Waals surface area contributed by atoms with Crippen LogP contribution < -0.4 is 10.1 Å². The molecule has 10 heteroatoms. The smallest absolute Gasteiger partial charge is 0.328 e. The number of ether oxygens (including phenoxy) is 2. The van der Waals surface area contributed by atoms with Crippen LogP contribution in [0, 0.1) is 0 Å². The third-order valence-electron chi connectivity index (χ3n) is 5.27. The van der Waals surface area contributed by atoms with Gasteiger partial charge in [-0.05, 0) is 48.0 Å². The molecule has 0 bridgehead atoms. The second-order valence-corrected chi connectivity index (χ2v) is 9.31. The average molecular weight is 564 g/mol. The molecule has 4 aromatic rings. The molecule has 0 aliphatic heterocycles. The van der Waals surface area contributed by atoms with E-state index in [9.17, 15) is 9.59 Å². The van der Waals surface area contributed by atoms with Crippen molar-refractivity contribution >= 4 is 69.2 Å². The highest BCUT2D eigenvalue weighted by molar-refractivity contribution is 6.39. The number of carbonyl (C=O) groups excluding carboxylic acids is 2. The number of rotatable bonds is 7. The van der Waals surface area contributed by atoms with Gasteiger partial charge in [0.25, 0.3) is 5.91 Å². The summed E-state index contributed by atoms with van der Waals surface area (Å²) in [4.78, 5) is 29.8. The van der Waals surface area contributed by atoms with Gasteiger partial charge in [0.05, 0.1) is 38.3 Å². The first-order valence-electron chi connectivity index (χ1n) is 10.6. The Morgan fingerprint density at radius 1 is 0.889 bits per heavy atom. The van der Waals surface area contributed by atoms with Crippen molar-refractivity contribution in [3.8, 4) is 11.6 Å². The Labute approximate surface area is 227 Å². The maximum atomic E-state index is 12.8. The average Bonchev–Trinajstić information content (AvgIpc) is 2.85. The summed E-state index contributed by atoms with van der Waals surface area (Å²) in [5.74, 6) is -0.547. The number of carbonyl (C=O) groups is 2. The van der Waals surface area contributed by atoms with Crippen LogP contribution in [0.5, 0.6) is 11.6 Å². The number of aromatic nitrogens is 1. The number of hydrogen-bond acceptors (Lipinski definition) is 5. The van der Waals surface area contributed by atoms with Crippen LogP contribution >= 0.6 is 46.4 Å². The van der Waals surface area contributed by atoms with E-state index in [4.69, 9.17) is 55.9 Å². The Morgan fingerprint density at radius 3 is 2.17 bits per heavy atom. The third-order valence-corrected chi connectivity index (χ3v) is 6.50. The lowest BCUT2D eigenvalue weighted by Gasteiger charge is -2.18. The summed E-state index contributed by atoms with van der Waals surface area (Å²) in [5.41, 5.74) is 1.51. The molecule has 0 radical (unpaired) electrons. The molecule has 0 aliphatic rings. The molecule has 0 fully saturated rings. The van der Waals surface area contributed by atoms with Crippen LogP contribution in [0.3, 0.4) is 0 Å². The first-order valence-corrected chi connectivity index (χ1v) is 12.1. The lowest BCUT2D eigenvalue weighted by molar-refractivity contribution is -0.142. The molecule has 1 N–H and O–H groups in total. The minimum atomic E-state index is -0.967. The summed E-state index contributed by atoms with van der Waals surface area (Å²) in [5, 5.41) is 4.56. The largest absolute Gasteiger partial charge is 0.467 e. The zero-order valence-electron chi connectivity index (χ0n) is 18.7. The minimum Gasteiger partial charge on any atom is -0.467 e. The number of nitrogens with one attached hydrogen (secondary N) is 1. The molecule has 0 saturated carbocycles. The van der Waals surface area contributed by atoms with Crippen molar-refractivity contribution in [2.45, 2.75) is 12.5 Å². The van der Waals surface area contributed by atoms with Crippen LogP contribution in [0.25, 0.3) is 10.9 Å². The number of esters is 1. The molecule has 0 aliphatic carbocycles. The molecule has 1 aromatic heterocycles. The van der Waals surface area contributed by atoms with Crippen LogP contribution in [-0.2, 0) is 16.0 Å². The fraction of sp³-hybridized carbons (Fsp3) is 0.115. The normalized spacial score (nSPS) is 11.7. The first kappa shape index (κ1) is 26.0. The molecule has 36 heavy (non-hydrogen) atoms. The summed E-state index contributed by atoms with van der Waals surface area (Å²) >= 11 is 24.6. The van der Waals surface area contributed by atoms with E-state index in [-0.39, 0.29) is 22.0 Å². The van der Waals surface area contributed by atoms with Crippen LogP contribution in [-0.4, -0.2) is 30.0 Å². The molecule has 1 unspecified atom stereocenters. The number of halogens is 4. The number of hydrogen-bond donors (Lipinski definition) is 1. The number of fused-ring (bicyclic) bond motifs is 1. The highest BCUT2D eigenvalue weighted by atomic mass is 35.5. The Hall–Kier alpha value is -3.03. The van der Waals surface area contributed by atoms with Gasteiger partial charge in [0.2, 0.25) is 5.88 Å². The maximum absolute atomic E-state index is 12.8. The standard InChI is InChI=1S/C26H18Cl4N2O4/c1-35-26(34)21(32-25(33)23-16(27)4-2-5-17(23)28)13-14-8-10-20-15(12-14)9-11-22(31-20)36-24-18(29)6-3-7-19(24)30/h2-12,21H,13H2,1H3,(H,32,33). The number of benzene rings is 3. The molecular weight excluding hydrogens is 546 g/mol. The predicted octanol–water partition coefficient (Wildman–Crippen LogP) is 7.15. The highest BCUT2D eigenvalue weighted by Gasteiger charge is 2.25. The number of pyridine rings is 1. The number of nitrogens with zero attached hydrogens (tertiary/aromatic N) is 1. The summed E-state index contributed by atoms with van der Waals surface area (Å²) in [7, 11) is 1.25. The molecule has 1 amide bonds. The zero-order valence-corrected chi connectivity index (χ0v) is 21.8. The quantitative estimate of drug-likeness (QED) is 0.241. The Balaban J connectivity index is 1.55. The number of methoxy groups -OCH3 is 1. The summed E-state index contributed by atoms with van der Waals surface area (Å²) < 4.78 is 10.7. The molecule has 3 aromatic carbocycles. The van der Waals surface area contributed by atoms with Crippen molar-refractivity contribution < 1.29 is 19.1 Å². The molecule has 184 valence electrons. The monoisotopic (exact) mass is 562 g/mol. The number of para-hydroxylation sites is 1. The van der Waals surface area contributed by atoms with E-state index < -0.39 is 17.9 Å². The third kappa shape index (κ3) is 5.85. The molecule has 1 atom stereocenters. The van der Waals surface area contributed by atoms with Gasteiger partial charge in [0.15, 0.2) is 5.75 Å². The fourth-order valence-corrected chi connectivity index (χ4v) is 4.58. The van der Waals surface area contributed by atoms with Gasteiger partial charge in [0, 0.05) is 17.9 Å². The molecule has 0 spiro atoms. The van der Waals surface area contributed by atoms with Gasteiger partial charge < -0.3 is 14.8 Å². The van der Waals surface area contributed by atoms with E-state index in [0.29, 0.717) is 27.2 Å². The summed E-state index contributed by atoms with van der Waals surface area (Å²) in [6, 6.07) is 17.8. The maximum Gasteiger partial charge on any atom is 0.328 e. The van der Waals surface area contributed by atoms with Crippen LogP contribution in [0.15, 0.2) is 66.7 Å². The predicted molar refractivity (Wildman–Crippen MR) is 142 cm³/mol. The molecule has 4 rings (SSSR count). The lowest BCUT2D eigenvalue weighted by Crippen LogP contribution is -2.43. The molecular formula is C26H18Cl4N2O4. The Morgan fingerprint density at radius 2 is 1.53 bits per heavy atom. The second kappa shape index (κ2) is 11.4. The first-order chi connectivity index (χ1) is 17.3. The molecule has 6 nitrogen and oxygen atoms in total. The minimum absolute atomic E-state index is 0.0867. The Kier molecular flexibility index (Phi) is 8.21. The van der Waals surface area contributed by atoms with Crippen molar-refractivity contribution in [3.63, 3.8) is 0 Å². The van der Waals surface area contributed by atoms with Gasteiger partial charge in [-0.3, -0.25) is 4.79 Å². The van der Waals surface area contributed by atoms with Gasteiger partial charge in [-0.1, -0.05) is 64.6 Å². The lowest BCUT2D eigenvalue weighted by atomic mass is 10.0. The van der Waals surface area contributed by atoms with Gasteiger partial charge in [0.1, 0.15) is 6.04 Å². The second-order valence-electron chi connectivity index (χ2n) is 7.68. The Bertz CT molecular complexity index is 1420. The fourth-order valence-electron chi connectivity index (χ4n) is 3.54. The van der Waals surface area contributed by atoms with Crippen LogP contribution in [0.2, 0.25) is 20.1 Å². The van der Waals surface area contributed by atoms with Gasteiger partial charge in [-0.25, -0.2) is 9.78 Å². The van der Waals surface area contributed by atoms with Crippen molar-refractivity contribution in [1.29, 1.82) is 0 Å². The molecule has 0 saturated heterocycles. The van der Waals surface area contributed by atoms with E-state index in [2.05, 4.69) is 10.3 Å². The van der Waals surface area contributed by atoms with Crippen molar-refractivity contribution in [2.24, 2.45) is 0 Å². The van der Waals surface area contributed by atoms with E-state index in [0.717, 1.165) is 10.9 Å². The van der Waals surface area contributed by atoms with Crippen molar-refractivity contribution in [3.05, 3.63) is 97.9 Å². The summed E-state index contributed by atoms with van der Waals surface area (Å²) in [6.45, 7) is 0. The molecule has 1 heterocycles. The van der Waals surface area contributed by atoms with E-state index in [1.807, 2.05) is 12.1 Å². The van der Waals surface area contributed by atoms with Gasteiger partial charge in [-0.15, -0.1) is 0 Å². The highest BCUT2D eigenvalue weighted by Crippen LogP contribution is 2.36. The topological polar surface area (TPSA) is 77.5 Å². The van der Waals surface area contributed by atoms with Crippen LogP contribution in [0.1, 0.15) is 15.9 Å². The van der Waals surface area contributed by atoms with Crippen molar-refractivity contribution in [2.75, 3.05) is 7.11 Å². The summed E-state index contributed by atoms with van der Waals surface area (Å²) in [6.07, 6.45) is 0.171. The SMILES string of the molecule is COC(=O)C(Cc1ccc2nc(Oc3c(Cl)cccc3Cl)ccc2c1)NC(=O)c1c(Cl)cccc1Cl. The van der Waals surface area contributed by atoms with E-state index >= 15 is 0 Å². The van der Waals surface area contributed by atoms with E-state index in [1.54, 1.807) is 54.6 Å². The van der Waals surface area contributed by atoms with Crippen molar-refractivity contribution in [1.82, 2.24) is 10.3 Å². The van der Waals surface area contributed by atoms with E-state index in [1.165, 1.54) is 7.11 Å². The van der Waals surface area contributed by atoms with Gasteiger partial charge >= 0.3 is 5.97 Å².